The summed E-state index contributed by atoms with van der Waals surface area (Å²) < 4.78 is 3.25. The summed E-state index contributed by atoms with van der Waals surface area (Å²) in [5, 5.41) is 0.722. The van der Waals surface area contributed by atoms with Gasteiger partial charge in [-0.15, -0.1) is 0 Å². The molecule has 0 fully saturated rings. The Morgan fingerprint density at radius 2 is 1.95 bits per heavy atom. The molecule has 0 bridgehead atoms. The zero-order chi connectivity index (χ0) is 15.4. The number of fused-ring (bicyclic) bond motifs is 1. The molecule has 0 atom stereocenters. The molecule has 3 rings (SSSR count). The summed E-state index contributed by atoms with van der Waals surface area (Å²) in [4.78, 5) is 12.4. The van der Waals surface area contributed by atoms with Gasteiger partial charge in [-0.3, -0.25) is 4.79 Å². The van der Waals surface area contributed by atoms with Crippen LogP contribution in [0.15, 0.2) is 24.3 Å². The van der Waals surface area contributed by atoms with Crippen molar-refractivity contribution < 1.29 is 4.79 Å². The van der Waals surface area contributed by atoms with Crippen LogP contribution < -0.4 is 0 Å². The lowest BCUT2D eigenvalue weighted by Crippen LogP contribution is -2.27. The number of nitrogens with zero attached hydrogens (tertiary/aromatic N) is 1. The highest BCUT2D eigenvalue weighted by Crippen LogP contribution is 2.38. The first-order chi connectivity index (χ1) is 9.78. The third-order valence-corrected chi connectivity index (χ3v) is 5.00. The smallest absolute Gasteiger partial charge is 0.165 e. The molecule has 0 radical (unpaired) electrons. The summed E-state index contributed by atoms with van der Waals surface area (Å²) in [7, 11) is 0. The monoisotopic (exact) mass is 413 g/mol. The van der Waals surface area contributed by atoms with Gasteiger partial charge in [0.15, 0.2) is 5.78 Å². The molecule has 1 aliphatic rings. The summed E-state index contributed by atoms with van der Waals surface area (Å²) in [5.74, 6) is 0.240. The van der Waals surface area contributed by atoms with Crippen LogP contribution in [0.4, 0.5) is 0 Å². The predicted octanol–water partition coefficient (Wildman–Crippen LogP) is 5.20. The number of hydrogen-bond donors (Lipinski definition) is 0. The van der Waals surface area contributed by atoms with Crippen molar-refractivity contribution >= 4 is 40.0 Å². The lowest BCUT2D eigenvalue weighted by atomic mass is 9.76. The lowest BCUT2D eigenvalue weighted by molar-refractivity contribution is 0.0911. The van der Waals surface area contributed by atoms with Gasteiger partial charge in [0.25, 0.3) is 0 Å². The van der Waals surface area contributed by atoms with Gasteiger partial charge < -0.3 is 4.57 Å². The minimum absolute atomic E-state index is 0.00229. The fraction of sp³-hybridized carbons (Fsp3) is 0.353. The van der Waals surface area contributed by atoms with E-state index < -0.39 is 0 Å². The number of aryl methyl sites for hydroxylation is 1. The van der Waals surface area contributed by atoms with Crippen molar-refractivity contribution in [1.29, 1.82) is 0 Å². The quantitative estimate of drug-likeness (QED) is 0.589. The Hall–Kier alpha value is -0.810. The topological polar surface area (TPSA) is 22.0 Å². The molecule has 0 amide bonds. The molecule has 0 aliphatic heterocycles. The van der Waals surface area contributed by atoms with Crippen LogP contribution in [0, 0.1) is 15.9 Å². The van der Waals surface area contributed by atoms with Crippen molar-refractivity contribution in [1.82, 2.24) is 4.57 Å². The van der Waals surface area contributed by atoms with Crippen LogP contribution in [0.25, 0.3) is 5.69 Å². The Morgan fingerprint density at radius 3 is 2.62 bits per heavy atom. The third-order valence-electron chi connectivity index (χ3n) is 4.02. The van der Waals surface area contributed by atoms with Crippen molar-refractivity contribution in [2.24, 2.45) is 5.41 Å². The first-order valence-electron chi connectivity index (χ1n) is 6.98. The van der Waals surface area contributed by atoms with Crippen LogP contribution in [0.1, 0.15) is 42.0 Å². The van der Waals surface area contributed by atoms with E-state index in [2.05, 4.69) is 41.0 Å². The summed E-state index contributed by atoms with van der Waals surface area (Å²) in [6, 6.07) is 8.03. The lowest BCUT2D eigenvalue weighted by Gasteiger charge is -2.30. The molecule has 0 spiro atoms. The fourth-order valence-corrected chi connectivity index (χ4v) is 4.09. The number of carbonyl (C=O) groups excluding carboxylic acids is 1. The third kappa shape index (κ3) is 2.66. The van der Waals surface area contributed by atoms with E-state index in [-0.39, 0.29) is 11.2 Å². The molecule has 1 aliphatic carbocycles. The van der Waals surface area contributed by atoms with Gasteiger partial charge in [-0.25, -0.2) is 0 Å². The molecule has 0 unspecified atom stereocenters. The first-order valence-corrected chi connectivity index (χ1v) is 8.44. The van der Waals surface area contributed by atoms with E-state index in [9.17, 15) is 4.79 Å². The van der Waals surface area contributed by atoms with Crippen LogP contribution in [0.5, 0.6) is 0 Å². The maximum Gasteiger partial charge on any atom is 0.165 e. The molecule has 1 aromatic carbocycles. The molecule has 2 nitrogen and oxygen atoms in total. The SMILES string of the molecule is Cc1cc2c(n1-c1ccc(I)cc1Cl)CC(C)(C)CC2=O. The molecule has 0 saturated carbocycles. The van der Waals surface area contributed by atoms with Crippen LogP contribution in [-0.4, -0.2) is 10.4 Å². The van der Waals surface area contributed by atoms with Gasteiger partial charge in [-0.1, -0.05) is 25.4 Å². The van der Waals surface area contributed by atoms with Crippen LogP contribution in [0.2, 0.25) is 5.02 Å². The van der Waals surface area contributed by atoms with Gasteiger partial charge >= 0.3 is 0 Å². The highest BCUT2D eigenvalue weighted by atomic mass is 127. The summed E-state index contributed by atoms with van der Waals surface area (Å²) in [6.07, 6.45) is 1.51. The van der Waals surface area contributed by atoms with E-state index in [4.69, 9.17) is 11.6 Å². The number of hydrogen-bond acceptors (Lipinski definition) is 1. The van der Waals surface area contributed by atoms with E-state index in [1.807, 2.05) is 31.2 Å². The van der Waals surface area contributed by atoms with Gasteiger partial charge in [0.1, 0.15) is 0 Å². The molecule has 0 N–H and O–H groups in total. The Bertz CT molecular complexity index is 745. The Morgan fingerprint density at radius 1 is 1.24 bits per heavy atom. The Labute approximate surface area is 143 Å². The number of aromatic nitrogens is 1. The zero-order valence-electron chi connectivity index (χ0n) is 12.3. The molecule has 4 heteroatoms. The van der Waals surface area contributed by atoms with E-state index in [0.29, 0.717) is 6.42 Å². The summed E-state index contributed by atoms with van der Waals surface area (Å²) in [6.45, 7) is 6.33. The molecule has 1 heterocycles. The van der Waals surface area contributed by atoms with Crippen molar-refractivity contribution in [3.8, 4) is 5.69 Å². The van der Waals surface area contributed by atoms with E-state index in [1.165, 1.54) is 0 Å². The van der Waals surface area contributed by atoms with Crippen molar-refractivity contribution in [2.75, 3.05) is 0 Å². The molecule has 0 saturated heterocycles. The largest absolute Gasteiger partial charge is 0.316 e. The van der Waals surface area contributed by atoms with Crippen molar-refractivity contribution in [3.05, 3.63) is 49.8 Å². The molecular formula is C17H17ClINO. The van der Waals surface area contributed by atoms with Crippen LogP contribution >= 0.6 is 34.2 Å². The maximum atomic E-state index is 12.4. The van der Waals surface area contributed by atoms with Crippen molar-refractivity contribution in [2.45, 2.75) is 33.6 Å². The average molecular weight is 414 g/mol. The summed E-state index contributed by atoms with van der Waals surface area (Å²) in [5.41, 5.74) is 3.98. The number of Topliss-reactive ketones (excluding diaryl/α,β-unsaturated/α-hetero) is 1. The number of halogens is 2. The highest BCUT2D eigenvalue weighted by molar-refractivity contribution is 14.1. The van der Waals surface area contributed by atoms with Gasteiger partial charge in [0.05, 0.1) is 10.7 Å². The summed E-state index contributed by atoms with van der Waals surface area (Å²) >= 11 is 8.69. The molecule has 2 aromatic rings. The van der Waals surface area contributed by atoms with Crippen LogP contribution in [-0.2, 0) is 6.42 Å². The minimum atomic E-state index is 0.00229. The standard InChI is InChI=1S/C17H17ClINO/c1-10-6-12-15(8-17(2,3)9-16(12)21)20(10)14-5-4-11(19)7-13(14)18/h4-7H,8-9H2,1-3H3. The van der Waals surface area contributed by atoms with Gasteiger partial charge in [0.2, 0.25) is 0 Å². The van der Waals surface area contributed by atoms with E-state index in [0.717, 1.165) is 37.7 Å². The Kier molecular flexibility index (Phi) is 3.69. The molecule has 1 aromatic heterocycles. The van der Waals surface area contributed by atoms with E-state index >= 15 is 0 Å². The number of benzene rings is 1. The van der Waals surface area contributed by atoms with Gasteiger partial charge in [0, 0.05) is 26.9 Å². The second-order valence-corrected chi connectivity index (χ2v) is 8.17. The molecular weight excluding hydrogens is 397 g/mol. The predicted molar refractivity (Wildman–Crippen MR) is 94.7 cm³/mol. The number of ketones is 1. The second-order valence-electron chi connectivity index (χ2n) is 6.52. The Balaban J connectivity index is 2.23. The second kappa shape index (κ2) is 5.13. The molecule has 110 valence electrons. The van der Waals surface area contributed by atoms with Gasteiger partial charge in [-0.2, -0.15) is 0 Å². The number of rotatable bonds is 1. The average Bonchev–Trinajstić information content (AvgIpc) is 2.65. The first kappa shape index (κ1) is 15.1. The zero-order valence-corrected chi connectivity index (χ0v) is 15.2. The van der Waals surface area contributed by atoms with E-state index in [1.54, 1.807) is 0 Å². The highest BCUT2D eigenvalue weighted by Gasteiger charge is 2.34. The number of carbonyl (C=O) groups is 1. The normalized spacial score (nSPS) is 16.9. The van der Waals surface area contributed by atoms with Crippen molar-refractivity contribution in [3.63, 3.8) is 0 Å². The van der Waals surface area contributed by atoms with Crippen LogP contribution in [0.3, 0.4) is 0 Å². The fourth-order valence-electron chi connectivity index (χ4n) is 3.15. The van der Waals surface area contributed by atoms with Gasteiger partial charge in [-0.05, 0) is 65.6 Å². The molecule has 21 heavy (non-hydrogen) atoms. The minimum Gasteiger partial charge on any atom is -0.316 e. The maximum absolute atomic E-state index is 12.4.